The van der Waals surface area contributed by atoms with Crippen LogP contribution in [-0.4, -0.2) is 19.5 Å². The van der Waals surface area contributed by atoms with Gasteiger partial charge in [0, 0.05) is 47.6 Å². The highest BCUT2D eigenvalue weighted by atomic mass is 32.1. The first-order valence-electron chi connectivity index (χ1n) is 16.7. The smallest absolute Gasteiger partial charge is 0.164 e. The van der Waals surface area contributed by atoms with Gasteiger partial charge in [0.2, 0.25) is 0 Å². The van der Waals surface area contributed by atoms with E-state index < -0.39 is 0 Å². The lowest BCUT2D eigenvalue weighted by Crippen LogP contribution is -2.01. The van der Waals surface area contributed by atoms with Gasteiger partial charge in [0.25, 0.3) is 0 Å². The van der Waals surface area contributed by atoms with Gasteiger partial charge in [-0.15, -0.1) is 11.3 Å². The molecule has 0 saturated heterocycles. The van der Waals surface area contributed by atoms with Crippen LogP contribution >= 0.6 is 11.3 Å². The molecule has 0 aliphatic carbocycles. The van der Waals surface area contributed by atoms with Crippen LogP contribution in [0, 0.1) is 0 Å². The minimum Gasteiger partial charge on any atom is -0.309 e. The van der Waals surface area contributed by atoms with Gasteiger partial charge < -0.3 is 4.57 Å². The molecule has 0 aliphatic heterocycles. The number of hydrogen-bond donors (Lipinski definition) is 0. The van der Waals surface area contributed by atoms with Crippen molar-refractivity contribution in [2.75, 3.05) is 0 Å². The third-order valence-electron chi connectivity index (χ3n) is 9.44. The van der Waals surface area contributed by atoms with Crippen molar-refractivity contribution < 1.29 is 0 Å². The second-order valence-electron chi connectivity index (χ2n) is 12.4. The molecule has 0 saturated carbocycles. The standard InChI is InChI=1S/C45H28N4S/c1-4-15-29(16-5-1)33-23-14-25-37-41(33)34-21-10-12-24-36(34)49(37)38-27-32(28-40-42(38)35-22-11-13-26-39(35)50-40)45-47-43(30-17-6-2-7-18-30)46-44(48-45)31-19-8-3-9-20-31/h1-28H. The zero-order chi connectivity index (χ0) is 33.0. The fourth-order valence-corrected chi connectivity index (χ4v) is 8.38. The molecule has 4 nitrogen and oxygen atoms in total. The van der Waals surface area contributed by atoms with Crippen LogP contribution in [0.15, 0.2) is 170 Å². The van der Waals surface area contributed by atoms with Gasteiger partial charge in [-0.05, 0) is 41.5 Å². The molecule has 0 atom stereocenters. The Labute approximate surface area is 292 Å². The van der Waals surface area contributed by atoms with Crippen LogP contribution in [0.2, 0.25) is 0 Å². The number of hydrogen-bond acceptors (Lipinski definition) is 4. The molecule has 0 fully saturated rings. The Morgan fingerprint density at radius 3 is 1.60 bits per heavy atom. The minimum atomic E-state index is 0.643. The van der Waals surface area contributed by atoms with Crippen molar-refractivity contribution >= 4 is 53.3 Å². The van der Waals surface area contributed by atoms with E-state index in [4.69, 9.17) is 15.0 Å². The predicted molar refractivity (Wildman–Crippen MR) is 209 cm³/mol. The Morgan fingerprint density at radius 2 is 0.920 bits per heavy atom. The van der Waals surface area contributed by atoms with Gasteiger partial charge in [0.1, 0.15) is 0 Å². The van der Waals surface area contributed by atoms with Crippen molar-refractivity contribution in [1.82, 2.24) is 19.5 Å². The molecule has 50 heavy (non-hydrogen) atoms. The average Bonchev–Trinajstić information content (AvgIpc) is 3.74. The molecule has 0 aliphatic rings. The van der Waals surface area contributed by atoms with Gasteiger partial charge in [-0.2, -0.15) is 0 Å². The van der Waals surface area contributed by atoms with Crippen molar-refractivity contribution in [2.24, 2.45) is 0 Å². The van der Waals surface area contributed by atoms with E-state index in [1.807, 2.05) is 47.7 Å². The molecule has 0 radical (unpaired) electrons. The number of fused-ring (bicyclic) bond motifs is 6. The Hall–Kier alpha value is -6.43. The second kappa shape index (κ2) is 11.6. The van der Waals surface area contributed by atoms with Crippen LogP contribution in [0.1, 0.15) is 0 Å². The van der Waals surface area contributed by atoms with Gasteiger partial charge >= 0.3 is 0 Å². The highest BCUT2D eigenvalue weighted by molar-refractivity contribution is 7.26. The van der Waals surface area contributed by atoms with E-state index in [1.165, 1.54) is 42.1 Å². The summed E-state index contributed by atoms with van der Waals surface area (Å²) in [6.07, 6.45) is 0. The normalized spacial score (nSPS) is 11.6. The summed E-state index contributed by atoms with van der Waals surface area (Å²) in [6, 6.07) is 59.7. The highest BCUT2D eigenvalue weighted by Crippen LogP contribution is 2.44. The maximum atomic E-state index is 5.13. The van der Waals surface area contributed by atoms with E-state index >= 15 is 0 Å². The fraction of sp³-hybridized carbons (Fsp3) is 0. The van der Waals surface area contributed by atoms with Gasteiger partial charge in [0.15, 0.2) is 17.5 Å². The molecule has 0 bridgehead atoms. The SMILES string of the molecule is c1ccc(-c2nc(-c3ccccc3)nc(-c3cc(-n4c5ccccc5c5c(-c6ccccc6)cccc54)c4c(c3)sc3ccccc34)n2)cc1. The maximum absolute atomic E-state index is 5.13. The second-order valence-corrected chi connectivity index (χ2v) is 13.5. The number of para-hydroxylation sites is 1. The zero-order valence-electron chi connectivity index (χ0n) is 26.9. The van der Waals surface area contributed by atoms with Crippen LogP contribution in [0.4, 0.5) is 0 Å². The summed E-state index contributed by atoms with van der Waals surface area (Å²) in [5, 5.41) is 4.93. The molecule has 3 aromatic heterocycles. The average molecular weight is 657 g/mol. The van der Waals surface area contributed by atoms with E-state index in [1.54, 1.807) is 0 Å². The largest absolute Gasteiger partial charge is 0.309 e. The first-order valence-corrected chi connectivity index (χ1v) is 17.5. The molecule has 0 unspecified atom stereocenters. The predicted octanol–water partition coefficient (Wildman–Crippen LogP) is 12.0. The van der Waals surface area contributed by atoms with Gasteiger partial charge in [-0.1, -0.05) is 140 Å². The Balaban J connectivity index is 1.31. The van der Waals surface area contributed by atoms with Crippen LogP contribution in [-0.2, 0) is 0 Å². The summed E-state index contributed by atoms with van der Waals surface area (Å²) >= 11 is 1.81. The Kier molecular flexibility index (Phi) is 6.64. The fourth-order valence-electron chi connectivity index (χ4n) is 7.21. The lowest BCUT2D eigenvalue weighted by Gasteiger charge is -2.14. The molecular formula is C45H28N4S. The van der Waals surface area contributed by atoms with Gasteiger partial charge in [-0.25, -0.2) is 15.0 Å². The molecular weight excluding hydrogens is 629 g/mol. The summed E-state index contributed by atoms with van der Waals surface area (Å²) in [7, 11) is 0. The topological polar surface area (TPSA) is 43.6 Å². The zero-order valence-corrected chi connectivity index (χ0v) is 27.7. The highest BCUT2D eigenvalue weighted by Gasteiger charge is 2.21. The monoisotopic (exact) mass is 656 g/mol. The van der Waals surface area contributed by atoms with Crippen molar-refractivity contribution in [3.63, 3.8) is 0 Å². The molecule has 10 rings (SSSR count). The van der Waals surface area contributed by atoms with Crippen molar-refractivity contribution in [2.45, 2.75) is 0 Å². The molecule has 0 amide bonds. The Bertz CT molecular complexity index is 2800. The number of nitrogens with zero attached hydrogens (tertiary/aromatic N) is 4. The summed E-state index contributed by atoms with van der Waals surface area (Å²) in [5.74, 6) is 1.94. The first kappa shape index (κ1) is 28.6. The van der Waals surface area contributed by atoms with Crippen LogP contribution in [0.25, 0.3) is 93.0 Å². The lowest BCUT2D eigenvalue weighted by molar-refractivity contribution is 1.07. The molecule has 7 aromatic carbocycles. The van der Waals surface area contributed by atoms with E-state index in [-0.39, 0.29) is 0 Å². The van der Waals surface area contributed by atoms with Crippen molar-refractivity contribution in [3.8, 4) is 51.0 Å². The molecule has 234 valence electrons. The summed E-state index contributed by atoms with van der Waals surface area (Å²) in [5.41, 5.74) is 8.69. The number of rotatable bonds is 5. The molecule has 5 heteroatoms. The third kappa shape index (κ3) is 4.63. The lowest BCUT2D eigenvalue weighted by atomic mass is 9.99. The summed E-state index contributed by atoms with van der Waals surface area (Å²) in [4.78, 5) is 15.2. The van der Waals surface area contributed by atoms with E-state index in [2.05, 4.69) is 138 Å². The summed E-state index contributed by atoms with van der Waals surface area (Å²) in [6.45, 7) is 0. The van der Waals surface area contributed by atoms with Crippen LogP contribution in [0.3, 0.4) is 0 Å². The van der Waals surface area contributed by atoms with E-state index in [0.29, 0.717) is 17.5 Å². The van der Waals surface area contributed by atoms with Crippen LogP contribution < -0.4 is 0 Å². The first-order chi connectivity index (χ1) is 24.8. The van der Waals surface area contributed by atoms with Crippen molar-refractivity contribution in [1.29, 1.82) is 0 Å². The van der Waals surface area contributed by atoms with E-state index in [9.17, 15) is 0 Å². The van der Waals surface area contributed by atoms with Gasteiger partial charge in [-0.3, -0.25) is 0 Å². The summed E-state index contributed by atoms with van der Waals surface area (Å²) < 4.78 is 4.88. The Morgan fingerprint density at radius 1 is 0.380 bits per heavy atom. The number of aromatic nitrogens is 4. The number of benzene rings is 7. The number of thiophene rings is 1. The van der Waals surface area contributed by atoms with E-state index in [0.717, 1.165) is 33.4 Å². The molecule has 10 aromatic rings. The molecule has 3 heterocycles. The van der Waals surface area contributed by atoms with Gasteiger partial charge in [0.05, 0.1) is 16.7 Å². The molecule has 0 N–H and O–H groups in total. The minimum absolute atomic E-state index is 0.643. The molecule has 0 spiro atoms. The van der Waals surface area contributed by atoms with Crippen molar-refractivity contribution in [3.05, 3.63) is 170 Å². The van der Waals surface area contributed by atoms with Crippen LogP contribution in [0.5, 0.6) is 0 Å². The maximum Gasteiger partial charge on any atom is 0.164 e. The quantitative estimate of drug-likeness (QED) is 0.185. The third-order valence-corrected chi connectivity index (χ3v) is 10.6.